The van der Waals surface area contributed by atoms with Crippen LogP contribution in [0, 0.1) is 6.92 Å². The van der Waals surface area contributed by atoms with Crippen molar-refractivity contribution in [1.82, 2.24) is 24.5 Å². The summed E-state index contributed by atoms with van der Waals surface area (Å²) >= 11 is 1.37. The zero-order valence-corrected chi connectivity index (χ0v) is 12.9. The maximum atomic E-state index is 11.8. The molecule has 0 aliphatic carbocycles. The Morgan fingerprint density at radius 2 is 2.05 bits per heavy atom. The first-order valence-electron chi connectivity index (χ1n) is 6.51. The molecule has 0 unspecified atom stereocenters. The molecule has 7 heteroatoms. The summed E-state index contributed by atoms with van der Waals surface area (Å²) in [4.78, 5) is 22.4. The normalized spacial score (nSPS) is 11.2. The van der Waals surface area contributed by atoms with Crippen LogP contribution in [-0.4, -0.2) is 50.2 Å². The molecule has 6 nitrogen and oxygen atoms in total. The van der Waals surface area contributed by atoms with Crippen molar-refractivity contribution in [3.63, 3.8) is 0 Å². The third-order valence-electron chi connectivity index (χ3n) is 3.08. The summed E-state index contributed by atoms with van der Waals surface area (Å²) < 4.78 is 1.71. The summed E-state index contributed by atoms with van der Waals surface area (Å²) in [5.74, 6) is 1.06. The van der Waals surface area contributed by atoms with E-state index in [0.29, 0.717) is 16.7 Å². The van der Waals surface area contributed by atoms with Crippen LogP contribution in [0.15, 0.2) is 29.4 Å². The van der Waals surface area contributed by atoms with Gasteiger partial charge in [0.25, 0.3) is 0 Å². The second kappa shape index (κ2) is 5.33. The number of hydrogen-bond acceptors (Lipinski definition) is 5. The summed E-state index contributed by atoms with van der Waals surface area (Å²) in [7, 11) is 3.48. The molecule has 0 saturated carbocycles. The van der Waals surface area contributed by atoms with Gasteiger partial charge in [0.05, 0.1) is 11.3 Å². The molecule has 0 saturated heterocycles. The van der Waals surface area contributed by atoms with Gasteiger partial charge in [0, 0.05) is 19.5 Å². The Kier molecular flexibility index (Phi) is 3.50. The lowest BCUT2D eigenvalue weighted by Crippen LogP contribution is -2.23. The van der Waals surface area contributed by atoms with Crippen molar-refractivity contribution in [3.8, 4) is 0 Å². The van der Waals surface area contributed by atoms with E-state index in [4.69, 9.17) is 0 Å². The predicted octanol–water partition coefficient (Wildman–Crippen LogP) is 1.77. The van der Waals surface area contributed by atoms with Crippen LogP contribution < -0.4 is 0 Å². The van der Waals surface area contributed by atoms with Gasteiger partial charge < -0.3 is 4.90 Å². The molecule has 0 N–H and O–H groups in total. The van der Waals surface area contributed by atoms with Gasteiger partial charge in [-0.15, -0.1) is 5.10 Å². The molecule has 2 heterocycles. The van der Waals surface area contributed by atoms with Gasteiger partial charge in [-0.25, -0.2) is 9.97 Å². The first-order valence-corrected chi connectivity index (χ1v) is 7.50. The number of benzene rings is 1. The lowest BCUT2D eigenvalue weighted by molar-refractivity contribution is -0.125. The van der Waals surface area contributed by atoms with Crippen LogP contribution in [0.5, 0.6) is 0 Å². The highest BCUT2D eigenvalue weighted by Gasteiger charge is 2.14. The molecule has 0 radical (unpaired) electrons. The molecule has 0 spiro atoms. The van der Waals surface area contributed by atoms with Gasteiger partial charge in [0.15, 0.2) is 10.8 Å². The maximum absolute atomic E-state index is 11.8. The fourth-order valence-electron chi connectivity index (χ4n) is 1.98. The van der Waals surface area contributed by atoms with Crippen molar-refractivity contribution in [2.75, 3.05) is 19.8 Å². The van der Waals surface area contributed by atoms with E-state index in [1.54, 1.807) is 23.5 Å². The molecular formula is C14H15N5OS. The minimum atomic E-state index is 0.0416. The Morgan fingerprint density at radius 1 is 1.29 bits per heavy atom. The number of carbonyl (C=O) groups is 1. The van der Waals surface area contributed by atoms with Crippen molar-refractivity contribution < 1.29 is 4.79 Å². The van der Waals surface area contributed by atoms with Crippen LogP contribution >= 0.6 is 11.8 Å². The molecule has 1 amide bonds. The van der Waals surface area contributed by atoms with E-state index in [9.17, 15) is 4.79 Å². The smallest absolute Gasteiger partial charge is 0.232 e. The average molecular weight is 301 g/mol. The molecule has 21 heavy (non-hydrogen) atoms. The largest absolute Gasteiger partial charge is 0.348 e. The molecular weight excluding hydrogens is 286 g/mol. The fraction of sp³-hybridized carbons (Fsp3) is 0.286. The number of aromatic nitrogens is 4. The summed E-state index contributed by atoms with van der Waals surface area (Å²) in [6, 6.07) is 7.81. The number of rotatable bonds is 3. The number of carbonyl (C=O) groups excluding carboxylic acids is 1. The highest BCUT2D eigenvalue weighted by molar-refractivity contribution is 7.99. The zero-order valence-electron chi connectivity index (χ0n) is 12.1. The number of fused-ring (bicyclic) bond motifs is 3. The first-order chi connectivity index (χ1) is 10.1. The lowest BCUT2D eigenvalue weighted by Gasteiger charge is -2.10. The van der Waals surface area contributed by atoms with Crippen molar-refractivity contribution in [3.05, 3.63) is 30.1 Å². The topological polar surface area (TPSA) is 63.4 Å². The Balaban J connectivity index is 2.09. The highest BCUT2D eigenvalue weighted by atomic mass is 32.2. The van der Waals surface area contributed by atoms with Crippen LogP contribution in [0.1, 0.15) is 5.82 Å². The molecule has 0 atom stereocenters. The highest BCUT2D eigenvalue weighted by Crippen LogP contribution is 2.23. The zero-order chi connectivity index (χ0) is 15.0. The Labute approximate surface area is 126 Å². The summed E-state index contributed by atoms with van der Waals surface area (Å²) in [6.45, 7) is 1.85. The monoisotopic (exact) mass is 301 g/mol. The summed E-state index contributed by atoms with van der Waals surface area (Å²) in [5.41, 5.74) is 1.63. The van der Waals surface area contributed by atoms with Crippen molar-refractivity contribution in [2.24, 2.45) is 0 Å². The SMILES string of the molecule is Cc1nc2c3ccccc3nc(SCC(=O)N(C)C)n2n1. The number of nitrogens with zero attached hydrogens (tertiary/aromatic N) is 5. The van der Waals surface area contributed by atoms with Gasteiger partial charge in [-0.1, -0.05) is 23.9 Å². The minimum absolute atomic E-state index is 0.0416. The van der Waals surface area contributed by atoms with Crippen molar-refractivity contribution in [2.45, 2.75) is 12.1 Å². The first kappa shape index (κ1) is 13.8. The molecule has 0 aliphatic heterocycles. The van der Waals surface area contributed by atoms with E-state index in [-0.39, 0.29) is 5.91 Å². The molecule has 1 aromatic carbocycles. The van der Waals surface area contributed by atoms with Gasteiger partial charge in [0.2, 0.25) is 5.91 Å². The van der Waals surface area contributed by atoms with E-state index in [0.717, 1.165) is 16.6 Å². The van der Waals surface area contributed by atoms with E-state index < -0.39 is 0 Å². The van der Waals surface area contributed by atoms with Gasteiger partial charge >= 0.3 is 0 Å². The van der Waals surface area contributed by atoms with Crippen LogP contribution in [0.2, 0.25) is 0 Å². The summed E-state index contributed by atoms with van der Waals surface area (Å²) in [6.07, 6.45) is 0. The van der Waals surface area contributed by atoms with Crippen molar-refractivity contribution >= 4 is 34.2 Å². The van der Waals surface area contributed by atoms with E-state index >= 15 is 0 Å². The third-order valence-corrected chi connectivity index (χ3v) is 3.99. The average Bonchev–Trinajstić information content (AvgIpc) is 2.86. The fourth-order valence-corrected chi connectivity index (χ4v) is 2.91. The van der Waals surface area contributed by atoms with Crippen LogP contribution in [0.4, 0.5) is 0 Å². The van der Waals surface area contributed by atoms with Crippen LogP contribution in [0.25, 0.3) is 16.6 Å². The van der Waals surface area contributed by atoms with Gasteiger partial charge in [0.1, 0.15) is 5.82 Å². The van der Waals surface area contributed by atoms with Gasteiger partial charge in [-0.3, -0.25) is 4.79 Å². The number of thioether (sulfide) groups is 1. The van der Waals surface area contributed by atoms with E-state index in [1.165, 1.54) is 11.8 Å². The van der Waals surface area contributed by atoms with E-state index in [2.05, 4.69) is 15.1 Å². The summed E-state index contributed by atoms with van der Waals surface area (Å²) in [5, 5.41) is 6.02. The number of para-hydroxylation sites is 1. The van der Waals surface area contributed by atoms with Crippen LogP contribution in [0.3, 0.4) is 0 Å². The van der Waals surface area contributed by atoms with E-state index in [1.807, 2.05) is 31.2 Å². The Hall–Kier alpha value is -2.15. The number of hydrogen-bond donors (Lipinski definition) is 0. The second-order valence-electron chi connectivity index (χ2n) is 4.88. The predicted molar refractivity (Wildman–Crippen MR) is 82.4 cm³/mol. The number of aryl methyl sites for hydroxylation is 1. The van der Waals surface area contributed by atoms with Crippen LogP contribution in [-0.2, 0) is 4.79 Å². The van der Waals surface area contributed by atoms with Gasteiger partial charge in [-0.05, 0) is 19.1 Å². The van der Waals surface area contributed by atoms with Gasteiger partial charge in [-0.2, -0.15) is 4.52 Å². The minimum Gasteiger partial charge on any atom is -0.348 e. The molecule has 0 bridgehead atoms. The molecule has 2 aromatic heterocycles. The molecule has 0 fully saturated rings. The lowest BCUT2D eigenvalue weighted by atomic mass is 10.2. The molecule has 3 rings (SSSR count). The Morgan fingerprint density at radius 3 is 2.81 bits per heavy atom. The standard InChI is InChI=1S/C14H15N5OS/c1-9-15-13-10-6-4-5-7-11(10)16-14(19(13)17-9)21-8-12(20)18(2)3/h4-7H,8H2,1-3H3. The molecule has 0 aliphatic rings. The molecule has 108 valence electrons. The quantitative estimate of drug-likeness (QED) is 0.545. The number of amides is 1. The molecule has 3 aromatic rings. The second-order valence-corrected chi connectivity index (χ2v) is 5.83. The third kappa shape index (κ3) is 2.56. The van der Waals surface area contributed by atoms with Crippen molar-refractivity contribution in [1.29, 1.82) is 0 Å². The Bertz CT molecular complexity index is 827. The maximum Gasteiger partial charge on any atom is 0.232 e.